The molecule has 0 fully saturated rings. The van der Waals surface area contributed by atoms with Gasteiger partial charge in [0.2, 0.25) is 0 Å². The summed E-state index contributed by atoms with van der Waals surface area (Å²) in [6, 6.07) is 3.26. The molecule has 0 radical (unpaired) electrons. The van der Waals surface area contributed by atoms with Gasteiger partial charge in [-0.25, -0.2) is 4.79 Å². The number of hydrogen-bond acceptors (Lipinski definition) is 5. The maximum absolute atomic E-state index is 11.7. The first-order chi connectivity index (χ1) is 9.81. The summed E-state index contributed by atoms with van der Waals surface area (Å²) >= 11 is 3.32. The number of esters is 1. The number of hydrogen-bond donors (Lipinski definition) is 0. The predicted molar refractivity (Wildman–Crippen MR) is 80.6 cm³/mol. The molecule has 0 aliphatic carbocycles. The molecule has 0 unspecified atom stereocenters. The minimum atomic E-state index is -0.585. The molecule has 1 aromatic heterocycles. The Balaban J connectivity index is 2.26. The number of furan rings is 1. The van der Waals surface area contributed by atoms with Crippen LogP contribution in [0, 0.1) is 0 Å². The van der Waals surface area contributed by atoms with Crippen molar-refractivity contribution in [1.29, 1.82) is 0 Å². The summed E-state index contributed by atoms with van der Waals surface area (Å²) in [5, 5.41) is 0.620. The largest absolute Gasteiger partial charge is 0.480 e. The molecule has 0 amide bonds. The number of carbonyl (C=O) groups excluding carboxylic acids is 2. The van der Waals surface area contributed by atoms with Crippen molar-refractivity contribution in [2.75, 3.05) is 6.61 Å². The minimum absolute atomic E-state index is 0.278. The number of halogens is 1. The van der Waals surface area contributed by atoms with Crippen molar-refractivity contribution in [3.8, 4) is 5.75 Å². The monoisotopic (exact) mass is 354 g/mol. The fourth-order valence-corrected chi connectivity index (χ4v) is 2.40. The highest BCUT2D eigenvalue weighted by atomic mass is 79.9. The Labute approximate surface area is 130 Å². The molecule has 0 aliphatic heterocycles. The highest BCUT2D eigenvalue weighted by molar-refractivity contribution is 9.10. The van der Waals surface area contributed by atoms with E-state index in [2.05, 4.69) is 15.9 Å². The summed E-state index contributed by atoms with van der Waals surface area (Å²) in [5.74, 6) is -0.193. The van der Waals surface area contributed by atoms with Crippen LogP contribution in [0.15, 0.2) is 27.3 Å². The lowest BCUT2D eigenvalue weighted by atomic mass is 10.1. The number of rotatable bonds is 4. The average Bonchev–Trinajstić information content (AvgIpc) is 2.85. The third-order valence-corrected chi connectivity index (χ3v) is 3.14. The molecule has 2 aromatic rings. The van der Waals surface area contributed by atoms with Gasteiger partial charge in [-0.2, -0.15) is 0 Å². The van der Waals surface area contributed by atoms with Crippen LogP contribution in [0.1, 0.15) is 31.1 Å². The molecule has 5 nitrogen and oxygen atoms in total. The van der Waals surface area contributed by atoms with Gasteiger partial charge in [-0.05, 0) is 48.8 Å². The van der Waals surface area contributed by atoms with E-state index >= 15 is 0 Å². The molecule has 6 heteroatoms. The van der Waals surface area contributed by atoms with E-state index in [0.717, 1.165) is 0 Å². The molecule has 0 N–H and O–H groups in total. The highest BCUT2D eigenvalue weighted by Crippen LogP contribution is 2.35. The third-order valence-electron chi connectivity index (χ3n) is 2.55. The van der Waals surface area contributed by atoms with E-state index < -0.39 is 11.6 Å². The molecule has 0 saturated heterocycles. The molecule has 1 aromatic carbocycles. The molecule has 0 saturated carbocycles. The van der Waals surface area contributed by atoms with E-state index in [1.807, 2.05) is 0 Å². The van der Waals surface area contributed by atoms with Gasteiger partial charge >= 0.3 is 5.97 Å². The normalized spacial score (nSPS) is 11.4. The van der Waals surface area contributed by atoms with E-state index in [-0.39, 0.29) is 6.61 Å². The van der Waals surface area contributed by atoms with Crippen molar-refractivity contribution in [3.63, 3.8) is 0 Å². The van der Waals surface area contributed by atoms with Crippen molar-refractivity contribution >= 4 is 39.2 Å². The molecule has 0 aliphatic rings. The zero-order chi connectivity index (χ0) is 15.6. The van der Waals surface area contributed by atoms with Gasteiger partial charge in [0, 0.05) is 0 Å². The molecule has 0 bridgehead atoms. The van der Waals surface area contributed by atoms with Gasteiger partial charge in [-0.1, -0.05) is 0 Å². The van der Waals surface area contributed by atoms with Gasteiger partial charge in [0.1, 0.15) is 11.4 Å². The van der Waals surface area contributed by atoms with Crippen LogP contribution in [0.5, 0.6) is 5.75 Å². The Morgan fingerprint density at radius 1 is 1.43 bits per heavy atom. The number of fused-ring (bicyclic) bond motifs is 1. The summed E-state index contributed by atoms with van der Waals surface area (Å²) < 4.78 is 16.6. The Hall–Kier alpha value is -1.82. The van der Waals surface area contributed by atoms with Gasteiger partial charge in [-0.15, -0.1) is 0 Å². The number of ether oxygens (including phenoxy) is 2. The highest BCUT2D eigenvalue weighted by Gasteiger charge is 2.19. The summed E-state index contributed by atoms with van der Waals surface area (Å²) in [4.78, 5) is 22.9. The molecule has 0 spiro atoms. The standard InChI is InChI=1S/C15H15BrO5/c1-15(2,3)21-12(18)8-20-13-9(7-17)6-11(16)14-10(13)4-5-19-14/h4-7H,8H2,1-3H3. The van der Waals surface area contributed by atoms with Crippen molar-refractivity contribution < 1.29 is 23.5 Å². The maximum atomic E-state index is 11.7. The quantitative estimate of drug-likeness (QED) is 0.618. The van der Waals surface area contributed by atoms with Gasteiger partial charge in [-0.3, -0.25) is 4.79 Å². The van der Waals surface area contributed by atoms with Gasteiger partial charge < -0.3 is 13.9 Å². The van der Waals surface area contributed by atoms with Crippen LogP contribution >= 0.6 is 15.9 Å². The molecular weight excluding hydrogens is 340 g/mol. The van der Waals surface area contributed by atoms with Crippen molar-refractivity contribution in [1.82, 2.24) is 0 Å². The SMILES string of the molecule is CC(C)(C)OC(=O)COc1c(C=O)cc(Br)c2occc12. The van der Waals surface area contributed by atoms with Crippen LogP contribution in [0.3, 0.4) is 0 Å². The molecule has 21 heavy (non-hydrogen) atoms. The predicted octanol–water partition coefficient (Wildman–Crippen LogP) is 3.73. The van der Waals surface area contributed by atoms with Crippen molar-refractivity contribution in [2.24, 2.45) is 0 Å². The first kappa shape index (κ1) is 15.6. The number of carbonyl (C=O) groups is 2. The van der Waals surface area contributed by atoms with Gasteiger partial charge in [0.05, 0.1) is 21.7 Å². The smallest absolute Gasteiger partial charge is 0.344 e. The van der Waals surface area contributed by atoms with E-state index in [4.69, 9.17) is 13.9 Å². The van der Waals surface area contributed by atoms with E-state index in [1.54, 1.807) is 32.9 Å². The molecule has 0 atom stereocenters. The van der Waals surface area contributed by atoms with Crippen LogP contribution in [-0.4, -0.2) is 24.5 Å². The Kier molecular flexibility index (Phi) is 4.37. The summed E-state index contributed by atoms with van der Waals surface area (Å²) in [7, 11) is 0. The van der Waals surface area contributed by atoms with Crippen LogP contribution in [0.4, 0.5) is 0 Å². The molecule has 112 valence electrons. The van der Waals surface area contributed by atoms with Crippen molar-refractivity contribution in [2.45, 2.75) is 26.4 Å². The Bertz CT molecular complexity index is 681. The summed E-state index contributed by atoms with van der Waals surface area (Å²) in [5.41, 5.74) is 0.303. The number of aldehydes is 1. The lowest BCUT2D eigenvalue weighted by Gasteiger charge is -2.19. The first-order valence-corrected chi connectivity index (χ1v) is 7.10. The van der Waals surface area contributed by atoms with Crippen LogP contribution < -0.4 is 4.74 Å². The van der Waals surface area contributed by atoms with E-state index in [1.165, 1.54) is 6.26 Å². The average molecular weight is 355 g/mol. The lowest BCUT2D eigenvalue weighted by Crippen LogP contribution is -2.27. The van der Waals surface area contributed by atoms with E-state index in [0.29, 0.717) is 33.0 Å². The zero-order valence-electron chi connectivity index (χ0n) is 11.9. The fourth-order valence-electron chi connectivity index (χ4n) is 1.85. The van der Waals surface area contributed by atoms with Gasteiger partial charge in [0.25, 0.3) is 0 Å². The second-order valence-corrected chi connectivity index (χ2v) is 6.29. The maximum Gasteiger partial charge on any atom is 0.344 e. The first-order valence-electron chi connectivity index (χ1n) is 6.31. The van der Waals surface area contributed by atoms with Gasteiger partial charge in [0.15, 0.2) is 18.5 Å². The lowest BCUT2D eigenvalue weighted by molar-refractivity contribution is -0.157. The van der Waals surface area contributed by atoms with Crippen LogP contribution in [0.25, 0.3) is 11.0 Å². The van der Waals surface area contributed by atoms with E-state index in [9.17, 15) is 9.59 Å². The second-order valence-electron chi connectivity index (χ2n) is 5.43. The molecular formula is C15H15BrO5. The van der Waals surface area contributed by atoms with Crippen LogP contribution in [-0.2, 0) is 9.53 Å². The minimum Gasteiger partial charge on any atom is -0.480 e. The Morgan fingerprint density at radius 2 is 2.14 bits per heavy atom. The molecule has 1 heterocycles. The summed E-state index contributed by atoms with van der Waals surface area (Å²) in [6.45, 7) is 5.04. The van der Waals surface area contributed by atoms with Crippen molar-refractivity contribution in [3.05, 3.63) is 28.4 Å². The molecule has 2 rings (SSSR count). The van der Waals surface area contributed by atoms with Crippen LogP contribution in [0.2, 0.25) is 0 Å². The second kappa shape index (κ2) is 5.89. The number of benzene rings is 1. The summed E-state index contributed by atoms with van der Waals surface area (Å²) in [6.07, 6.45) is 2.16. The fraction of sp³-hybridized carbons (Fsp3) is 0.333. The zero-order valence-corrected chi connectivity index (χ0v) is 13.5. The topological polar surface area (TPSA) is 65.7 Å². The Morgan fingerprint density at radius 3 is 2.76 bits per heavy atom. The third kappa shape index (κ3) is 3.64.